The Morgan fingerprint density at radius 3 is 2.36 bits per heavy atom. The average molecular weight is 567 g/mol. The van der Waals surface area contributed by atoms with E-state index in [2.05, 4.69) is 15.7 Å². The van der Waals surface area contributed by atoms with Gasteiger partial charge in [0.25, 0.3) is 5.91 Å². The Kier molecular flexibility index (Phi) is 7.86. The number of nitrogens with zero attached hydrogens (tertiary/aromatic N) is 2. The maximum Gasteiger partial charge on any atom is 0.342 e. The fraction of sp³-hybridized carbons (Fsp3) is 0.207. The number of rotatable bonds is 6. The zero-order chi connectivity index (χ0) is 27.5. The maximum absolute atomic E-state index is 13.2. The Balaban J connectivity index is 1.38. The van der Waals surface area contributed by atoms with Crippen molar-refractivity contribution in [1.29, 1.82) is 0 Å². The van der Waals surface area contributed by atoms with Crippen LogP contribution in [0.1, 0.15) is 53.2 Å². The van der Waals surface area contributed by atoms with E-state index in [1.807, 2.05) is 6.07 Å². The highest BCUT2D eigenvalue weighted by Crippen LogP contribution is 2.38. The van der Waals surface area contributed by atoms with E-state index in [0.717, 1.165) is 36.9 Å². The third-order valence-electron chi connectivity index (χ3n) is 6.78. The predicted octanol–water partition coefficient (Wildman–Crippen LogP) is 7.37. The van der Waals surface area contributed by atoms with Crippen molar-refractivity contribution in [3.63, 3.8) is 0 Å². The minimum absolute atomic E-state index is 0.118. The Bertz CT molecular complexity index is 1510. The molecule has 2 amide bonds. The second kappa shape index (κ2) is 11.5. The molecule has 0 spiro atoms. The molecule has 1 saturated carbocycles. The number of benzene rings is 3. The van der Waals surface area contributed by atoms with Crippen molar-refractivity contribution in [1.82, 2.24) is 15.1 Å². The van der Waals surface area contributed by atoms with Crippen LogP contribution in [0, 0.1) is 5.82 Å². The van der Waals surface area contributed by atoms with E-state index in [1.54, 1.807) is 42.5 Å². The van der Waals surface area contributed by atoms with Crippen molar-refractivity contribution in [3.8, 4) is 17.0 Å². The lowest BCUT2D eigenvalue weighted by atomic mass is 10.0. The summed E-state index contributed by atoms with van der Waals surface area (Å²) in [6.07, 6.45) is 4.02. The van der Waals surface area contributed by atoms with Gasteiger partial charge in [0.1, 0.15) is 11.6 Å². The second-order valence-electron chi connectivity index (χ2n) is 9.42. The van der Waals surface area contributed by atoms with Crippen LogP contribution < -0.4 is 10.6 Å². The molecule has 0 atom stereocenters. The highest BCUT2D eigenvalue weighted by Gasteiger charge is 2.26. The zero-order valence-electron chi connectivity index (χ0n) is 20.8. The van der Waals surface area contributed by atoms with Crippen molar-refractivity contribution in [3.05, 3.63) is 99.4 Å². The van der Waals surface area contributed by atoms with Gasteiger partial charge in [0.15, 0.2) is 0 Å². The normalized spacial score (nSPS) is 13.4. The highest BCUT2D eigenvalue weighted by molar-refractivity contribution is 6.40. The molecule has 0 aliphatic heterocycles. The number of carbonyl (C=O) groups excluding carboxylic acids is 2. The lowest BCUT2D eigenvalue weighted by Gasteiger charge is -2.12. The molecule has 1 fully saturated rings. The molecule has 1 heterocycles. The van der Waals surface area contributed by atoms with Gasteiger partial charge in [-0.25, -0.2) is 9.18 Å². The van der Waals surface area contributed by atoms with Gasteiger partial charge in [0.05, 0.1) is 27.0 Å². The molecule has 0 unspecified atom stereocenters. The van der Waals surface area contributed by atoms with Gasteiger partial charge in [-0.05, 0) is 60.9 Å². The van der Waals surface area contributed by atoms with Crippen LogP contribution in [0.15, 0.2) is 66.7 Å². The first kappa shape index (κ1) is 26.7. The third-order valence-corrected chi connectivity index (χ3v) is 7.41. The number of phenols is 1. The first-order valence-corrected chi connectivity index (χ1v) is 13.3. The topological polar surface area (TPSA) is 96.3 Å². The minimum atomic E-state index is -0.511. The number of anilines is 1. The van der Waals surface area contributed by atoms with E-state index in [4.69, 9.17) is 23.2 Å². The molecular weight excluding hydrogens is 542 g/mol. The number of hydrogen-bond donors (Lipinski definition) is 3. The Morgan fingerprint density at radius 1 is 1.00 bits per heavy atom. The molecule has 7 nitrogen and oxygen atoms in total. The molecule has 10 heteroatoms. The summed E-state index contributed by atoms with van der Waals surface area (Å²) in [4.78, 5) is 25.9. The van der Waals surface area contributed by atoms with Crippen LogP contribution in [0.5, 0.6) is 5.75 Å². The molecular formula is C29H25Cl2FN4O3. The number of aromatic nitrogens is 2. The first-order valence-electron chi connectivity index (χ1n) is 12.5. The summed E-state index contributed by atoms with van der Waals surface area (Å²) in [5.74, 6) is -0.803. The summed E-state index contributed by atoms with van der Waals surface area (Å²) in [5.41, 5.74) is 2.84. The van der Waals surface area contributed by atoms with Gasteiger partial charge in [0, 0.05) is 29.8 Å². The average Bonchev–Trinajstić information content (AvgIpc) is 3.59. The summed E-state index contributed by atoms with van der Waals surface area (Å²) in [6.45, 7) is 0.216. The molecule has 5 rings (SSSR count). The molecule has 3 N–H and O–H groups in total. The van der Waals surface area contributed by atoms with Gasteiger partial charge in [-0.3, -0.25) is 4.79 Å². The molecule has 1 aromatic heterocycles. The standard InChI is InChI=1S/C29H25Cl2FN4O3/c30-22-6-3-7-23(31)27(22)28(38)34-20-12-13-21(26(37)14-20)24-15-25(18-4-1-2-5-18)36(35-24)29(39)33-16-17-8-10-19(32)11-9-17/h3,6-15,18,37H,1-2,4-5,16H2,(H,33,39)(H,34,38). The zero-order valence-corrected chi connectivity index (χ0v) is 22.3. The summed E-state index contributed by atoms with van der Waals surface area (Å²) < 4.78 is 14.6. The van der Waals surface area contributed by atoms with E-state index in [-0.39, 0.29) is 39.6 Å². The summed E-state index contributed by atoms with van der Waals surface area (Å²) in [6, 6.07) is 16.8. The van der Waals surface area contributed by atoms with Gasteiger partial charge < -0.3 is 15.7 Å². The Labute approximate surface area is 234 Å². The van der Waals surface area contributed by atoms with Crippen LogP contribution >= 0.6 is 23.2 Å². The van der Waals surface area contributed by atoms with Crippen LogP contribution in [0.4, 0.5) is 14.9 Å². The number of aromatic hydroxyl groups is 1. The van der Waals surface area contributed by atoms with Crippen LogP contribution in [0.3, 0.4) is 0 Å². The predicted molar refractivity (Wildman–Crippen MR) is 149 cm³/mol. The maximum atomic E-state index is 13.2. The smallest absolute Gasteiger partial charge is 0.342 e. The van der Waals surface area contributed by atoms with Gasteiger partial charge in [-0.1, -0.05) is 54.2 Å². The second-order valence-corrected chi connectivity index (χ2v) is 10.2. The van der Waals surface area contributed by atoms with E-state index in [1.165, 1.54) is 22.9 Å². The van der Waals surface area contributed by atoms with E-state index < -0.39 is 11.9 Å². The van der Waals surface area contributed by atoms with Crippen molar-refractivity contribution in [2.24, 2.45) is 0 Å². The molecule has 39 heavy (non-hydrogen) atoms. The lowest BCUT2D eigenvalue weighted by Crippen LogP contribution is -2.30. The van der Waals surface area contributed by atoms with Gasteiger partial charge in [-0.15, -0.1) is 0 Å². The minimum Gasteiger partial charge on any atom is -0.507 e. The third kappa shape index (κ3) is 5.92. The number of hydrogen-bond acceptors (Lipinski definition) is 4. The van der Waals surface area contributed by atoms with Crippen LogP contribution in [-0.2, 0) is 6.54 Å². The Morgan fingerprint density at radius 2 is 1.69 bits per heavy atom. The molecule has 200 valence electrons. The van der Waals surface area contributed by atoms with Gasteiger partial charge in [0.2, 0.25) is 0 Å². The van der Waals surface area contributed by atoms with E-state index in [0.29, 0.717) is 16.9 Å². The number of carbonyl (C=O) groups is 2. The quantitative estimate of drug-likeness (QED) is 0.227. The fourth-order valence-electron chi connectivity index (χ4n) is 4.79. The molecule has 0 bridgehead atoms. The Hall–Kier alpha value is -3.88. The lowest BCUT2D eigenvalue weighted by molar-refractivity contribution is 0.102. The molecule has 0 radical (unpaired) electrons. The van der Waals surface area contributed by atoms with Crippen molar-refractivity contribution < 1.29 is 19.1 Å². The number of halogens is 3. The summed E-state index contributed by atoms with van der Waals surface area (Å²) >= 11 is 12.3. The monoisotopic (exact) mass is 566 g/mol. The molecule has 1 aliphatic carbocycles. The van der Waals surface area contributed by atoms with Crippen molar-refractivity contribution in [2.45, 2.75) is 38.1 Å². The number of phenolic OH excluding ortho intramolecular Hbond substituents is 1. The van der Waals surface area contributed by atoms with Crippen molar-refractivity contribution in [2.75, 3.05) is 5.32 Å². The number of nitrogens with one attached hydrogen (secondary N) is 2. The first-order chi connectivity index (χ1) is 18.8. The molecule has 1 aliphatic rings. The van der Waals surface area contributed by atoms with E-state index in [9.17, 15) is 19.1 Å². The van der Waals surface area contributed by atoms with E-state index >= 15 is 0 Å². The molecule has 4 aromatic rings. The van der Waals surface area contributed by atoms with Crippen LogP contribution in [0.25, 0.3) is 11.3 Å². The SMILES string of the molecule is O=C(Nc1ccc(-c2cc(C3CCCC3)n(C(=O)NCc3ccc(F)cc3)n2)c(O)c1)c1c(Cl)cccc1Cl. The largest absolute Gasteiger partial charge is 0.507 e. The van der Waals surface area contributed by atoms with Gasteiger partial charge >= 0.3 is 6.03 Å². The van der Waals surface area contributed by atoms with Crippen LogP contribution in [-0.4, -0.2) is 26.8 Å². The highest BCUT2D eigenvalue weighted by atomic mass is 35.5. The fourth-order valence-corrected chi connectivity index (χ4v) is 5.36. The van der Waals surface area contributed by atoms with Gasteiger partial charge in [-0.2, -0.15) is 9.78 Å². The molecule has 0 saturated heterocycles. The van der Waals surface area contributed by atoms with Crippen LogP contribution in [0.2, 0.25) is 10.0 Å². The summed E-state index contributed by atoms with van der Waals surface area (Å²) in [7, 11) is 0. The van der Waals surface area contributed by atoms with Crippen molar-refractivity contribution >= 4 is 40.8 Å². The molecule has 3 aromatic carbocycles. The summed E-state index contributed by atoms with van der Waals surface area (Å²) in [5, 5.41) is 21.3. The number of amides is 2.